The summed E-state index contributed by atoms with van der Waals surface area (Å²) in [6.45, 7) is 2.64. The summed E-state index contributed by atoms with van der Waals surface area (Å²) in [7, 11) is -2.35. The van der Waals surface area contributed by atoms with Gasteiger partial charge in [-0.1, -0.05) is 17.7 Å². The average molecular weight is 382 g/mol. The number of amides is 1. The molecule has 1 atom stereocenters. The fourth-order valence-electron chi connectivity index (χ4n) is 2.96. The van der Waals surface area contributed by atoms with Crippen molar-refractivity contribution in [2.45, 2.75) is 50.0 Å². The maximum Gasteiger partial charge on any atom is 0.305 e. The Labute approximate surface area is 154 Å². The Morgan fingerprint density at radius 3 is 2.58 bits per heavy atom. The Morgan fingerprint density at radius 1 is 1.23 bits per heavy atom. The van der Waals surface area contributed by atoms with Crippen molar-refractivity contribution < 1.29 is 22.7 Å². The number of hydrogen-bond donors (Lipinski definition) is 1. The molecule has 1 N–H and O–H groups in total. The van der Waals surface area contributed by atoms with Gasteiger partial charge in [0.15, 0.2) is 0 Å². The second-order valence-corrected chi connectivity index (χ2v) is 8.30. The van der Waals surface area contributed by atoms with E-state index >= 15 is 0 Å². The Bertz CT molecular complexity index is 730. The van der Waals surface area contributed by atoms with Crippen molar-refractivity contribution in [2.75, 3.05) is 20.2 Å². The smallest absolute Gasteiger partial charge is 0.305 e. The first-order chi connectivity index (χ1) is 12.4. The van der Waals surface area contributed by atoms with Crippen LogP contribution in [0.2, 0.25) is 0 Å². The summed E-state index contributed by atoms with van der Waals surface area (Å²) < 4.78 is 31.5. The van der Waals surface area contributed by atoms with E-state index in [0.717, 1.165) is 5.56 Å². The number of rotatable bonds is 8. The number of methoxy groups -OCH3 is 1. The van der Waals surface area contributed by atoms with Gasteiger partial charge < -0.3 is 10.1 Å². The van der Waals surface area contributed by atoms with E-state index in [0.29, 0.717) is 45.2 Å². The number of nitrogens with zero attached hydrogens (tertiary/aromatic N) is 1. The molecule has 144 valence electrons. The first-order valence-electron chi connectivity index (χ1n) is 8.79. The highest BCUT2D eigenvalue weighted by molar-refractivity contribution is 7.89. The second-order valence-electron chi connectivity index (χ2n) is 6.41. The van der Waals surface area contributed by atoms with Crippen molar-refractivity contribution in [1.29, 1.82) is 0 Å². The Morgan fingerprint density at radius 2 is 1.92 bits per heavy atom. The van der Waals surface area contributed by atoms with Crippen molar-refractivity contribution in [2.24, 2.45) is 0 Å². The van der Waals surface area contributed by atoms with Gasteiger partial charge in [-0.15, -0.1) is 0 Å². The molecule has 0 radical (unpaired) electrons. The van der Waals surface area contributed by atoms with Crippen molar-refractivity contribution in [3.8, 4) is 0 Å². The maximum absolute atomic E-state index is 12.8. The van der Waals surface area contributed by atoms with E-state index in [1.165, 1.54) is 11.4 Å². The quantitative estimate of drug-likeness (QED) is 0.545. The lowest BCUT2D eigenvalue weighted by Gasteiger charge is -2.23. The third kappa shape index (κ3) is 5.04. The summed E-state index contributed by atoms with van der Waals surface area (Å²) in [5.41, 5.74) is 0.978. The Balaban J connectivity index is 1.93. The molecule has 1 saturated heterocycles. The van der Waals surface area contributed by atoms with Crippen LogP contribution in [-0.2, 0) is 24.3 Å². The van der Waals surface area contributed by atoms with E-state index in [-0.39, 0.29) is 16.8 Å². The predicted octanol–water partition coefficient (Wildman–Crippen LogP) is 1.61. The minimum atomic E-state index is -3.69. The largest absolute Gasteiger partial charge is 0.469 e. The zero-order chi connectivity index (χ0) is 19.2. The number of aryl methyl sites for hydroxylation is 1. The average Bonchev–Trinajstić information content (AvgIpc) is 3.12. The van der Waals surface area contributed by atoms with Gasteiger partial charge in [0, 0.05) is 19.5 Å². The molecule has 0 unspecified atom stereocenters. The molecule has 0 aliphatic carbocycles. The Kier molecular flexibility index (Phi) is 7.16. The summed E-state index contributed by atoms with van der Waals surface area (Å²) in [6.07, 6.45) is 2.73. The molecular weight excluding hydrogens is 356 g/mol. The minimum Gasteiger partial charge on any atom is -0.469 e. The molecule has 1 aliphatic heterocycles. The van der Waals surface area contributed by atoms with E-state index in [1.807, 2.05) is 6.92 Å². The molecular formula is C18H26N2O5S. The summed E-state index contributed by atoms with van der Waals surface area (Å²) in [4.78, 5) is 23.7. The van der Waals surface area contributed by atoms with Crippen LogP contribution in [0, 0.1) is 6.92 Å². The van der Waals surface area contributed by atoms with E-state index < -0.39 is 16.1 Å². The van der Waals surface area contributed by atoms with Crippen molar-refractivity contribution in [3.05, 3.63) is 29.8 Å². The van der Waals surface area contributed by atoms with Crippen LogP contribution in [0.1, 0.15) is 37.7 Å². The molecule has 0 aromatic heterocycles. The lowest BCUT2D eigenvalue weighted by atomic mass is 10.2. The zero-order valence-corrected chi connectivity index (χ0v) is 16.0. The van der Waals surface area contributed by atoms with Gasteiger partial charge in [0.05, 0.1) is 12.0 Å². The van der Waals surface area contributed by atoms with Gasteiger partial charge in [0.25, 0.3) is 0 Å². The van der Waals surface area contributed by atoms with Gasteiger partial charge in [-0.2, -0.15) is 4.31 Å². The SMILES string of the molecule is COC(=O)CCCCNC(=O)[C@@H]1CCCN1S(=O)(=O)c1ccc(C)cc1. The van der Waals surface area contributed by atoms with Gasteiger partial charge in [0.1, 0.15) is 6.04 Å². The molecule has 1 aromatic rings. The predicted molar refractivity (Wildman–Crippen MR) is 97.0 cm³/mol. The number of hydrogen-bond acceptors (Lipinski definition) is 5. The van der Waals surface area contributed by atoms with Crippen LogP contribution in [0.3, 0.4) is 0 Å². The lowest BCUT2D eigenvalue weighted by Crippen LogP contribution is -2.46. The van der Waals surface area contributed by atoms with E-state index in [1.54, 1.807) is 24.3 Å². The third-order valence-electron chi connectivity index (χ3n) is 4.47. The van der Waals surface area contributed by atoms with Crippen molar-refractivity contribution in [1.82, 2.24) is 9.62 Å². The van der Waals surface area contributed by atoms with E-state index in [2.05, 4.69) is 10.1 Å². The lowest BCUT2D eigenvalue weighted by molar-refractivity contribution is -0.140. The van der Waals surface area contributed by atoms with Gasteiger partial charge in [-0.25, -0.2) is 8.42 Å². The minimum absolute atomic E-state index is 0.209. The van der Waals surface area contributed by atoms with Crippen LogP contribution < -0.4 is 5.32 Å². The van der Waals surface area contributed by atoms with Crippen molar-refractivity contribution >= 4 is 21.9 Å². The molecule has 1 aliphatic rings. The van der Waals surface area contributed by atoms with Crippen molar-refractivity contribution in [3.63, 3.8) is 0 Å². The number of sulfonamides is 1. The third-order valence-corrected chi connectivity index (χ3v) is 6.39. The van der Waals surface area contributed by atoms with Gasteiger partial charge in [-0.3, -0.25) is 9.59 Å². The van der Waals surface area contributed by atoms with E-state index in [4.69, 9.17) is 0 Å². The first kappa shape index (κ1) is 20.4. The van der Waals surface area contributed by atoms with Crippen LogP contribution in [-0.4, -0.2) is 50.8 Å². The number of benzene rings is 1. The van der Waals surface area contributed by atoms with Crippen LogP contribution in [0.4, 0.5) is 0 Å². The molecule has 26 heavy (non-hydrogen) atoms. The monoisotopic (exact) mass is 382 g/mol. The molecule has 7 nitrogen and oxygen atoms in total. The zero-order valence-electron chi connectivity index (χ0n) is 15.2. The van der Waals surface area contributed by atoms with Gasteiger partial charge >= 0.3 is 5.97 Å². The topological polar surface area (TPSA) is 92.8 Å². The fourth-order valence-corrected chi connectivity index (χ4v) is 4.62. The molecule has 1 fully saturated rings. The summed E-state index contributed by atoms with van der Waals surface area (Å²) in [6, 6.07) is 5.97. The number of unbranched alkanes of at least 4 members (excludes halogenated alkanes) is 1. The molecule has 1 heterocycles. The van der Waals surface area contributed by atoms with Crippen LogP contribution in [0.25, 0.3) is 0 Å². The van der Waals surface area contributed by atoms with Crippen LogP contribution >= 0.6 is 0 Å². The molecule has 1 aromatic carbocycles. The molecule has 0 spiro atoms. The highest BCUT2D eigenvalue weighted by Gasteiger charge is 2.39. The highest BCUT2D eigenvalue weighted by atomic mass is 32.2. The highest BCUT2D eigenvalue weighted by Crippen LogP contribution is 2.26. The molecule has 0 saturated carbocycles. The van der Waals surface area contributed by atoms with Crippen LogP contribution in [0.15, 0.2) is 29.2 Å². The summed E-state index contributed by atoms with van der Waals surface area (Å²) in [5.74, 6) is -0.557. The standard InChI is InChI=1S/C18H26N2O5S/c1-14-8-10-15(11-9-14)26(23,24)20-13-5-6-16(20)18(22)19-12-4-3-7-17(21)25-2/h8-11,16H,3-7,12-13H2,1-2H3,(H,19,22)/t16-/m0/s1. The Hall–Kier alpha value is -1.93. The fraction of sp³-hybridized carbons (Fsp3) is 0.556. The number of ether oxygens (including phenoxy) is 1. The van der Waals surface area contributed by atoms with Gasteiger partial charge in [0.2, 0.25) is 15.9 Å². The normalized spacial score (nSPS) is 17.8. The number of nitrogens with one attached hydrogen (secondary N) is 1. The number of carbonyl (C=O) groups excluding carboxylic acids is 2. The number of esters is 1. The second kappa shape index (κ2) is 9.14. The van der Waals surface area contributed by atoms with E-state index in [9.17, 15) is 18.0 Å². The first-order valence-corrected chi connectivity index (χ1v) is 10.2. The van der Waals surface area contributed by atoms with Gasteiger partial charge in [-0.05, 0) is 44.7 Å². The molecule has 0 bridgehead atoms. The molecule has 1 amide bonds. The summed E-state index contributed by atoms with van der Waals surface area (Å²) >= 11 is 0. The molecule has 8 heteroatoms. The molecule has 2 rings (SSSR count). The summed E-state index contributed by atoms with van der Waals surface area (Å²) in [5, 5.41) is 2.78. The van der Waals surface area contributed by atoms with Crippen LogP contribution in [0.5, 0.6) is 0 Å². The number of carbonyl (C=O) groups is 2. The maximum atomic E-state index is 12.8.